The van der Waals surface area contributed by atoms with E-state index in [0.717, 1.165) is 25.5 Å². The first kappa shape index (κ1) is 15.4. The number of carbonyl (C=O) groups excluding carboxylic acids is 2. The molecule has 1 aromatic carbocycles. The van der Waals surface area contributed by atoms with Crippen molar-refractivity contribution in [3.63, 3.8) is 0 Å². The van der Waals surface area contributed by atoms with Crippen LogP contribution in [0, 0.1) is 0 Å². The number of amides is 1. The van der Waals surface area contributed by atoms with Gasteiger partial charge in [-0.05, 0) is 58.2 Å². The molecule has 1 N–H and O–H groups in total. The van der Waals surface area contributed by atoms with E-state index in [9.17, 15) is 9.59 Å². The van der Waals surface area contributed by atoms with E-state index in [-0.39, 0.29) is 6.10 Å². The van der Waals surface area contributed by atoms with Crippen LogP contribution in [0.2, 0.25) is 0 Å². The fourth-order valence-electron chi connectivity index (χ4n) is 1.90. The molecule has 1 amide bonds. The summed E-state index contributed by atoms with van der Waals surface area (Å²) in [5, 5.41) is 2.65. The molecule has 1 aliphatic carbocycles. The molecule has 0 bridgehead atoms. The molecule has 0 heterocycles. The smallest absolute Gasteiger partial charge is 0.412 e. The van der Waals surface area contributed by atoms with Gasteiger partial charge in [0.25, 0.3) is 0 Å². The molecule has 5 heteroatoms. The summed E-state index contributed by atoms with van der Waals surface area (Å²) in [4.78, 5) is 22.8. The van der Waals surface area contributed by atoms with Gasteiger partial charge in [0.05, 0.1) is 11.8 Å². The molecule has 0 radical (unpaired) electrons. The van der Waals surface area contributed by atoms with Gasteiger partial charge in [-0.2, -0.15) is 0 Å². The summed E-state index contributed by atoms with van der Waals surface area (Å²) in [6.45, 7) is 5.38. The van der Waals surface area contributed by atoms with E-state index in [0.29, 0.717) is 17.0 Å². The highest BCUT2D eigenvalue weighted by Crippen LogP contribution is 2.31. The predicted molar refractivity (Wildman–Crippen MR) is 80.0 cm³/mol. The molecular formula is C16H21NO4. The van der Waals surface area contributed by atoms with Gasteiger partial charge in [0.15, 0.2) is 0 Å². The second-order valence-electron chi connectivity index (χ2n) is 6.17. The SMILES string of the molecule is CC(C)(C)OC(=O)Nc1cc(C=O)ccc1OC1CCC1. The standard InChI is InChI=1S/C16H21NO4/c1-16(2,3)21-15(19)17-13-9-11(10-18)7-8-14(13)20-12-5-4-6-12/h7-10,12H,4-6H2,1-3H3,(H,17,19). The van der Waals surface area contributed by atoms with Crippen molar-refractivity contribution in [1.82, 2.24) is 0 Å². The van der Waals surface area contributed by atoms with Crippen LogP contribution < -0.4 is 10.1 Å². The summed E-state index contributed by atoms with van der Waals surface area (Å²) in [7, 11) is 0. The summed E-state index contributed by atoms with van der Waals surface area (Å²) in [5.74, 6) is 0.566. The predicted octanol–water partition coefficient (Wildman–Crippen LogP) is 3.78. The number of hydrogen-bond donors (Lipinski definition) is 1. The maximum absolute atomic E-state index is 11.9. The highest BCUT2D eigenvalue weighted by molar-refractivity contribution is 5.89. The van der Waals surface area contributed by atoms with Gasteiger partial charge in [0, 0.05) is 5.56 Å². The Morgan fingerprint density at radius 3 is 2.57 bits per heavy atom. The van der Waals surface area contributed by atoms with Gasteiger partial charge in [-0.15, -0.1) is 0 Å². The highest BCUT2D eigenvalue weighted by atomic mass is 16.6. The Labute approximate surface area is 124 Å². The fraction of sp³-hybridized carbons (Fsp3) is 0.500. The molecule has 5 nitrogen and oxygen atoms in total. The molecule has 114 valence electrons. The molecule has 1 fully saturated rings. The minimum Gasteiger partial charge on any atom is -0.488 e. The van der Waals surface area contributed by atoms with Gasteiger partial charge in [-0.1, -0.05) is 0 Å². The fourth-order valence-corrected chi connectivity index (χ4v) is 1.90. The van der Waals surface area contributed by atoms with Gasteiger partial charge >= 0.3 is 6.09 Å². The number of benzene rings is 1. The lowest BCUT2D eigenvalue weighted by atomic mass is 9.96. The molecule has 1 aromatic rings. The Balaban J connectivity index is 2.13. The minimum absolute atomic E-state index is 0.186. The second-order valence-corrected chi connectivity index (χ2v) is 6.17. The molecule has 0 aliphatic heterocycles. The van der Waals surface area contributed by atoms with E-state index in [4.69, 9.17) is 9.47 Å². The lowest BCUT2D eigenvalue weighted by molar-refractivity contribution is 0.0633. The lowest BCUT2D eigenvalue weighted by Gasteiger charge is -2.27. The lowest BCUT2D eigenvalue weighted by Crippen LogP contribution is -2.28. The first-order valence-electron chi connectivity index (χ1n) is 7.13. The monoisotopic (exact) mass is 291 g/mol. The van der Waals surface area contributed by atoms with E-state index < -0.39 is 11.7 Å². The Kier molecular flexibility index (Phi) is 4.50. The Bertz CT molecular complexity index is 530. The molecule has 0 spiro atoms. The van der Waals surface area contributed by atoms with Gasteiger partial charge < -0.3 is 9.47 Å². The van der Waals surface area contributed by atoms with Gasteiger partial charge in [-0.25, -0.2) is 4.79 Å². The Morgan fingerprint density at radius 2 is 2.05 bits per heavy atom. The van der Waals surface area contributed by atoms with Crippen molar-refractivity contribution in [2.24, 2.45) is 0 Å². The van der Waals surface area contributed by atoms with Crippen LogP contribution in [0.5, 0.6) is 5.75 Å². The summed E-state index contributed by atoms with van der Waals surface area (Å²) in [6.07, 6.45) is 3.54. The van der Waals surface area contributed by atoms with Crippen LogP contribution in [-0.2, 0) is 4.74 Å². The number of aldehydes is 1. The Hall–Kier alpha value is -2.04. The summed E-state index contributed by atoms with van der Waals surface area (Å²) < 4.78 is 11.0. The molecular weight excluding hydrogens is 270 g/mol. The third-order valence-electron chi connectivity index (χ3n) is 3.12. The van der Waals surface area contributed by atoms with Crippen molar-refractivity contribution in [2.75, 3.05) is 5.32 Å². The highest BCUT2D eigenvalue weighted by Gasteiger charge is 2.22. The van der Waals surface area contributed by atoms with Crippen LogP contribution in [0.3, 0.4) is 0 Å². The molecule has 0 atom stereocenters. The van der Waals surface area contributed by atoms with E-state index in [1.165, 1.54) is 0 Å². The number of anilines is 1. The number of carbonyl (C=O) groups is 2. The van der Waals surface area contributed by atoms with Crippen molar-refractivity contribution >= 4 is 18.1 Å². The first-order chi connectivity index (χ1) is 9.87. The van der Waals surface area contributed by atoms with Crippen molar-refractivity contribution in [3.05, 3.63) is 23.8 Å². The van der Waals surface area contributed by atoms with E-state index in [1.54, 1.807) is 39.0 Å². The minimum atomic E-state index is -0.582. The van der Waals surface area contributed by atoms with Crippen molar-refractivity contribution in [1.29, 1.82) is 0 Å². The zero-order chi connectivity index (χ0) is 15.5. The van der Waals surface area contributed by atoms with Gasteiger partial charge in [-0.3, -0.25) is 10.1 Å². The maximum Gasteiger partial charge on any atom is 0.412 e. The Morgan fingerprint density at radius 1 is 1.33 bits per heavy atom. The van der Waals surface area contributed by atoms with Crippen LogP contribution in [0.25, 0.3) is 0 Å². The zero-order valence-electron chi connectivity index (χ0n) is 12.6. The van der Waals surface area contributed by atoms with Crippen molar-refractivity contribution in [3.8, 4) is 5.75 Å². The molecule has 0 unspecified atom stereocenters. The van der Waals surface area contributed by atoms with Crippen LogP contribution in [0.15, 0.2) is 18.2 Å². The largest absolute Gasteiger partial charge is 0.488 e. The van der Waals surface area contributed by atoms with E-state index in [1.807, 2.05) is 0 Å². The maximum atomic E-state index is 11.9. The van der Waals surface area contributed by atoms with Gasteiger partial charge in [0.2, 0.25) is 0 Å². The second kappa shape index (κ2) is 6.16. The summed E-state index contributed by atoms with van der Waals surface area (Å²) in [6, 6.07) is 4.96. The first-order valence-corrected chi connectivity index (χ1v) is 7.13. The van der Waals surface area contributed by atoms with Crippen molar-refractivity contribution < 1.29 is 19.1 Å². The molecule has 21 heavy (non-hydrogen) atoms. The third-order valence-corrected chi connectivity index (χ3v) is 3.12. The zero-order valence-corrected chi connectivity index (χ0v) is 12.6. The molecule has 1 saturated carbocycles. The number of nitrogens with one attached hydrogen (secondary N) is 1. The normalized spacial score (nSPS) is 15.0. The summed E-state index contributed by atoms with van der Waals surface area (Å²) >= 11 is 0. The quantitative estimate of drug-likeness (QED) is 0.857. The van der Waals surface area contributed by atoms with Crippen LogP contribution >= 0.6 is 0 Å². The van der Waals surface area contributed by atoms with Crippen LogP contribution in [0.4, 0.5) is 10.5 Å². The number of ether oxygens (including phenoxy) is 2. The van der Waals surface area contributed by atoms with E-state index >= 15 is 0 Å². The van der Waals surface area contributed by atoms with Crippen LogP contribution in [0.1, 0.15) is 50.4 Å². The number of rotatable bonds is 4. The number of hydrogen-bond acceptors (Lipinski definition) is 4. The molecule has 1 aliphatic rings. The van der Waals surface area contributed by atoms with Crippen LogP contribution in [-0.4, -0.2) is 24.1 Å². The average molecular weight is 291 g/mol. The molecule has 2 rings (SSSR count). The summed E-state index contributed by atoms with van der Waals surface area (Å²) in [5.41, 5.74) is 0.351. The van der Waals surface area contributed by atoms with Crippen molar-refractivity contribution in [2.45, 2.75) is 51.7 Å². The topological polar surface area (TPSA) is 64.6 Å². The average Bonchev–Trinajstić information content (AvgIpc) is 2.32. The molecule has 0 saturated heterocycles. The third kappa shape index (κ3) is 4.48. The molecule has 0 aromatic heterocycles. The van der Waals surface area contributed by atoms with E-state index in [2.05, 4.69) is 5.32 Å². The van der Waals surface area contributed by atoms with Gasteiger partial charge in [0.1, 0.15) is 17.6 Å².